The molecule has 0 amide bonds. The van der Waals surface area contributed by atoms with Crippen molar-refractivity contribution in [1.29, 1.82) is 0 Å². The third-order valence-corrected chi connectivity index (χ3v) is 5.11. The van der Waals surface area contributed by atoms with E-state index in [9.17, 15) is 9.18 Å². The van der Waals surface area contributed by atoms with Crippen LogP contribution in [-0.4, -0.2) is 26.2 Å². The van der Waals surface area contributed by atoms with Crippen LogP contribution >= 0.6 is 0 Å². The van der Waals surface area contributed by atoms with Crippen LogP contribution in [0.25, 0.3) is 34.2 Å². The number of rotatable bonds is 6. The third kappa shape index (κ3) is 3.66. The van der Waals surface area contributed by atoms with E-state index in [4.69, 9.17) is 4.52 Å². The van der Waals surface area contributed by atoms with Crippen LogP contribution in [0.1, 0.15) is 23.6 Å². The second-order valence-electron chi connectivity index (χ2n) is 7.12. The second kappa shape index (κ2) is 8.02. The minimum atomic E-state index is -0.284. The monoisotopic (exact) mass is 404 g/mol. The fraction of sp³-hybridized carbons (Fsp3) is 0.217. The second-order valence-corrected chi connectivity index (χ2v) is 7.12. The highest BCUT2D eigenvalue weighted by atomic mass is 19.1. The highest BCUT2D eigenvalue weighted by Gasteiger charge is 2.18. The first-order valence-corrected chi connectivity index (χ1v) is 9.72. The zero-order valence-corrected chi connectivity index (χ0v) is 17.0. The summed E-state index contributed by atoms with van der Waals surface area (Å²) < 4.78 is 20.6. The number of nitrogens with zero attached hydrogens (tertiary/aromatic N) is 4. The lowest BCUT2D eigenvalue weighted by molar-refractivity contribution is -0.107. The summed E-state index contributed by atoms with van der Waals surface area (Å²) in [6.07, 6.45) is 1.29. The van der Waals surface area contributed by atoms with E-state index < -0.39 is 0 Å². The number of carbonyl (C=O) groups excluding carboxylic acids is 1. The summed E-state index contributed by atoms with van der Waals surface area (Å²) in [5.74, 6) is 0.490. The van der Waals surface area contributed by atoms with Gasteiger partial charge in [0.15, 0.2) is 5.69 Å². The summed E-state index contributed by atoms with van der Waals surface area (Å²) in [4.78, 5) is 15.4. The highest BCUT2D eigenvalue weighted by Crippen LogP contribution is 2.28. The van der Waals surface area contributed by atoms with Gasteiger partial charge >= 0.3 is 0 Å². The van der Waals surface area contributed by atoms with Gasteiger partial charge in [0.05, 0.1) is 5.69 Å². The Hall–Kier alpha value is -3.61. The Morgan fingerprint density at radius 3 is 2.40 bits per heavy atom. The highest BCUT2D eigenvalue weighted by molar-refractivity contribution is 5.67. The average Bonchev–Trinajstić information content (AvgIpc) is 3.38. The molecule has 2 aromatic carbocycles. The van der Waals surface area contributed by atoms with Crippen LogP contribution < -0.4 is 0 Å². The van der Waals surface area contributed by atoms with Gasteiger partial charge in [-0.1, -0.05) is 5.16 Å². The largest absolute Gasteiger partial charge is 0.332 e. The molecular formula is C23H21FN4O2. The average molecular weight is 404 g/mol. The van der Waals surface area contributed by atoms with E-state index in [1.54, 1.807) is 12.1 Å². The maximum Gasteiger partial charge on any atom is 0.278 e. The van der Waals surface area contributed by atoms with Crippen molar-refractivity contribution >= 4 is 6.29 Å². The molecule has 0 unspecified atom stereocenters. The normalized spacial score (nSPS) is 11.1. The zero-order chi connectivity index (χ0) is 21.3. The Balaban J connectivity index is 1.69. The lowest BCUT2D eigenvalue weighted by atomic mass is 9.97. The molecular weight excluding hydrogens is 383 g/mol. The smallest absolute Gasteiger partial charge is 0.278 e. The Morgan fingerprint density at radius 2 is 1.77 bits per heavy atom. The van der Waals surface area contributed by atoms with Crippen LogP contribution in [0.5, 0.6) is 0 Å². The van der Waals surface area contributed by atoms with Crippen molar-refractivity contribution in [2.45, 2.75) is 33.7 Å². The molecule has 2 aromatic heterocycles. The maximum atomic E-state index is 13.3. The molecule has 7 heteroatoms. The number of aldehydes is 1. The molecule has 4 aromatic rings. The summed E-state index contributed by atoms with van der Waals surface area (Å²) in [7, 11) is 0. The van der Waals surface area contributed by atoms with Crippen molar-refractivity contribution in [1.82, 2.24) is 19.9 Å². The number of aromatic nitrogens is 4. The molecule has 0 aliphatic carbocycles. The Morgan fingerprint density at radius 1 is 1.07 bits per heavy atom. The first kappa shape index (κ1) is 19.7. The lowest BCUT2D eigenvalue weighted by Crippen LogP contribution is -1.99. The molecule has 4 rings (SSSR count). The third-order valence-electron chi connectivity index (χ3n) is 5.11. The maximum absolute atomic E-state index is 13.3. The molecule has 0 fully saturated rings. The molecule has 0 radical (unpaired) electrons. The molecule has 0 saturated heterocycles. The molecule has 0 bridgehead atoms. The van der Waals surface area contributed by atoms with Crippen molar-refractivity contribution < 1.29 is 13.7 Å². The van der Waals surface area contributed by atoms with Gasteiger partial charge in [-0.25, -0.2) is 4.39 Å². The first-order chi connectivity index (χ1) is 14.5. The minimum Gasteiger partial charge on any atom is -0.332 e. The number of carbonyl (C=O) groups is 1. The van der Waals surface area contributed by atoms with Crippen LogP contribution in [-0.2, 0) is 17.8 Å². The van der Waals surface area contributed by atoms with Crippen LogP contribution in [0, 0.1) is 19.7 Å². The summed E-state index contributed by atoms with van der Waals surface area (Å²) in [5, 5.41) is 8.68. The van der Waals surface area contributed by atoms with E-state index in [2.05, 4.69) is 15.2 Å². The predicted octanol–water partition coefficient (Wildman–Crippen LogP) is 4.78. The molecule has 6 nitrogen and oxygen atoms in total. The van der Waals surface area contributed by atoms with E-state index in [0.717, 1.165) is 39.8 Å². The molecule has 152 valence electrons. The Bertz CT molecular complexity index is 1190. The van der Waals surface area contributed by atoms with Gasteiger partial charge in [0.1, 0.15) is 12.1 Å². The quantitative estimate of drug-likeness (QED) is 0.432. The number of hydrogen-bond acceptors (Lipinski definition) is 5. The number of benzene rings is 2. The molecule has 0 aliphatic heterocycles. The number of aryl methyl sites for hydroxylation is 3. The summed E-state index contributed by atoms with van der Waals surface area (Å²) in [5.41, 5.74) is 6.12. The van der Waals surface area contributed by atoms with E-state index in [1.165, 1.54) is 12.1 Å². The minimum absolute atomic E-state index is 0.284. The van der Waals surface area contributed by atoms with Gasteiger partial charge in [-0.15, -0.1) is 0 Å². The van der Waals surface area contributed by atoms with E-state index in [0.29, 0.717) is 30.4 Å². The number of hydrogen-bond donors (Lipinski definition) is 0. The van der Waals surface area contributed by atoms with Gasteiger partial charge in [-0.2, -0.15) is 10.1 Å². The van der Waals surface area contributed by atoms with Gasteiger partial charge in [0.2, 0.25) is 5.82 Å². The molecule has 0 atom stereocenters. The van der Waals surface area contributed by atoms with Crippen molar-refractivity contribution in [2.75, 3.05) is 0 Å². The van der Waals surface area contributed by atoms with E-state index >= 15 is 0 Å². The van der Waals surface area contributed by atoms with Crippen molar-refractivity contribution in [3.63, 3.8) is 0 Å². The first-order valence-electron chi connectivity index (χ1n) is 9.72. The topological polar surface area (TPSA) is 73.8 Å². The summed E-state index contributed by atoms with van der Waals surface area (Å²) >= 11 is 0. The van der Waals surface area contributed by atoms with Crippen molar-refractivity contribution in [3.05, 3.63) is 65.0 Å². The fourth-order valence-corrected chi connectivity index (χ4v) is 3.59. The van der Waals surface area contributed by atoms with Crippen LogP contribution in [0.3, 0.4) is 0 Å². The molecule has 30 heavy (non-hydrogen) atoms. The van der Waals surface area contributed by atoms with E-state index in [-0.39, 0.29) is 5.82 Å². The predicted molar refractivity (Wildman–Crippen MR) is 111 cm³/mol. The van der Waals surface area contributed by atoms with Gasteiger partial charge < -0.3 is 9.32 Å². The molecule has 0 saturated carbocycles. The molecule has 0 spiro atoms. The van der Waals surface area contributed by atoms with Crippen molar-refractivity contribution in [2.24, 2.45) is 0 Å². The molecule has 0 aliphatic rings. The van der Waals surface area contributed by atoms with E-state index in [1.807, 2.05) is 43.7 Å². The fourth-order valence-electron chi connectivity index (χ4n) is 3.59. The summed E-state index contributed by atoms with van der Waals surface area (Å²) in [6, 6.07) is 12.0. The Kier molecular flexibility index (Phi) is 5.27. The van der Waals surface area contributed by atoms with Gasteiger partial charge in [-0.3, -0.25) is 4.68 Å². The SMILES string of the molecule is CCn1nc(-c2nc(-c3cc(C)c(CC=O)c(C)c3)no2)cc1-c1ccc(F)cc1. The molecule has 2 heterocycles. The van der Waals surface area contributed by atoms with Crippen molar-refractivity contribution in [3.8, 4) is 34.2 Å². The summed E-state index contributed by atoms with van der Waals surface area (Å²) in [6.45, 7) is 6.56. The lowest BCUT2D eigenvalue weighted by Gasteiger charge is -2.08. The number of halogens is 1. The standard InChI is InChI=1S/C23H21FN4O2/c1-4-28-21(16-5-7-18(24)8-6-16)13-20(26-28)23-25-22(27-30-23)17-11-14(2)19(9-10-29)15(3)12-17/h5-8,10-13H,4,9H2,1-3H3. The van der Waals surface area contributed by atoms with Crippen LogP contribution in [0.15, 0.2) is 47.0 Å². The van der Waals surface area contributed by atoms with Gasteiger partial charge in [0.25, 0.3) is 5.89 Å². The van der Waals surface area contributed by atoms with Crippen LogP contribution in [0.2, 0.25) is 0 Å². The molecule has 0 N–H and O–H groups in total. The zero-order valence-electron chi connectivity index (χ0n) is 17.0. The van der Waals surface area contributed by atoms with Crippen LogP contribution in [0.4, 0.5) is 4.39 Å². The Labute approximate surface area is 173 Å². The van der Waals surface area contributed by atoms with Gasteiger partial charge in [-0.05, 0) is 79.9 Å². The van der Waals surface area contributed by atoms with Gasteiger partial charge in [0, 0.05) is 24.1 Å².